The van der Waals surface area contributed by atoms with Crippen molar-refractivity contribution in [3.8, 4) is 22.4 Å². The number of anilines is 3. The van der Waals surface area contributed by atoms with Crippen LogP contribution >= 0.6 is 0 Å². The van der Waals surface area contributed by atoms with E-state index in [4.69, 9.17) is 9.51 Å². The van der Waals surface area contributed by atoms with E-state index >= 15 is 4.39 Å². The zero-order valence-corrected chi connectivity index (χ0v) is 35.7. The minimum absolute atomic E-state index is 0.0532. The van der Waals surface area contributed by atoms with E-state index in [2.05, 4.69) is 74.9 Å². The molecular weight excluding hydrogens is 804 g/mol. The van der Waals surface area contributed by atoms with Crippen molar-refractivity contribution in [1.29, 1.82) is 0 Å². The number of imide groups is 1. The van der Waals surface area contributed by atoms with Gasteiger partial charge in [-0.15, -0.1) is 0 Å². The van der Waals surface area contributed by atoms with E-state index in [1.807, 2.05) is 45.2 Å². The second-order valence-corrected chi connectivity index (χ2v) is 17.6. The largest absolute Gasteiger partial charge is 0.372 e. The van der Waals surface area contributed by atoms with Crippen molar-refractivity contribution in [2.24, 2.45) is 5.92 Å². The number of amides is 4. The van der Waals surface area contributed by atoms with Gasteiger partial charge in [-0.25, -0.2) is 19.2 Å². The SMILES string of the molecule is CC(C)(C)c1noc(C(=O)NCc2ccc(-c3[nH]nc4ncc(-c5ccc(N6CCN(CCC7CCN(c8ccc(N9CCC(=O)NC9=O)cc8)CC7)CC6)nc5)cc34)cc2F)n1. The molecule has 326 valence electrons. The van der Waals surface area contributed by atoms with E-state index in [0.29, 0.717) is 47.2 Å². The lowest BCUT2D eigenvalue weighted by molar-refractivity contribution is -0.120. The third kappa shape index (κ3) is 9.23. The normalized spacial score (nSPS) is 16.8. The number of benzene rings is 2. The first-order chi connectivity index (χ1) is 30.4. The summed E-state index contributed by atoms with van der Waals surface area (Å²) < 4.78 is 20.5. The standard InChI is InChI=1S/C46H51FN12O4/c1-46(2,3)44-52-43(63-55-44)42(61)50-27-32-5-4-30(25-37(32)47)40-36-24-33(28-49-41(36)54-53-40)31-6-11-38(48-26-31)58-22-20-56(21-23-58)16-12-29-13-17-57(18-14-29)34-7-9-35(10-8-34)59-19-15-39(60)51-45(59)62/h4-11,24-26,28-29H,12-23,27H2,1-3H3,(H,50,61)(H,49,53,54)(H,51,60,62). The number of nitrogens with zero attached hydrogens (tertiary/aromatic N) is 9. The van der Waals surface area contributed by atoms with Crippen LogP contribution in [0, 0.1) is 11.7 Å². The van der Waals surface area contributed by atoms with Crippen LogP contribution < -0.4 is 25.3 Å². The fourth-order valence-corrected chi connectivity index (χ4v) is 8.44. The molecule has 4 amide bonds. The molecule has 17 heteroatoms. The minimum Gasteiger partial charge on any atom is -0.372 e. The third-order valence-corrected chi connectivity index (χ3v) is 12.3. The Balaban J connectivity index is 0.741. The van der Waals surface area contributed by atoms with Gasteiger partial charge in [-0.2, -0.15) is 10.1 Å². The van der Waals surface area contributed by atoms with E-state index in [-0.39, 0.29) is 29.8 Å². The van der Waals surface area contributed by atoms with Crippen LogP contribution in [0.25, 0.3) is 33.4 Å². The molecule has 0 saturated carbocycles. The number of H-pyrrole nitrogens is 1. The number of pyridine rings is 2. The Morgan fingerprint density at radius 3 is 2.30 bits per heavy atom. The molecule has 3 aliphatic rings. The number of fused-ring (bicyclic) bond motifs is 1. The van der Waals surface area contributed by atoms with E-state index in [1.54, 1.807) is 23.2 Å². The topological polar surface area (TPSA) is 182 Å². The number of carbonyl (C=O) groups excluding carboxylic acids is 3. The molecule has 3 aliphatic heterocycles. The number of piperidine rings is 1. The Bertz CT molecular complexity index is 2610. The molecule has 4 aromatic heterocycles. The fourth-order valence-electron chi connectivity index (χ4n) is 8.44. The van der Waals surface area contributed by atoms with Crippen molar-refractivity contribution >= 4 is 46.1 Å². The van der Waals surface area contributed by atoms with E-state index in [0.717, 1.165) is 86.7 Å². The molecule has 7 heterocycles. The summed E-state index contributed by atoms with van der Waals surface area (Å²) in [7, 11) is 0. The summed E-state index contributed by atoms with van der Waals surface area (Å²) in [6, 6.07) is 18.7. The van der Waals surface area contributed by atoms with Gasteiger partial charge >= 0.3 is 17.8 Å². The van der Waals surface area contributed by atoms with Gasteiger partial charge in [0.1, 0.15) is 11.6 Å². The molecular formula is C46H51FN12O4. The number of aromatic nitrogens is 6. The molecule has 0 radical (unpaired) electrons. The van der Waals surface area contributed by atoms with Gasteiger partial charge in [0.05, 0.1) is 5.69 Å². The fraction of sp³-hybridized carbons (Fsp3) is 0.391. The molecule has 2 aromatic carbocycles. The van der Waals surface area contributed by atoms with Gasteiger partial charge in [-0.05, 0) is 80.3 Å². The lowest BCUT2D eigenvalue weighted by atomic mass is 9.93. The molecule has 3 fully saturated rings. The number of urea groups is 1. The predicted octanol–water partition coefficient (Wildman–Crippen LogP) is 6.31. The van der Waals surface area contributed by atoms with Crippen molar-refractivity contribution in [1.82, 2.24) is 45.8 Å². The van der Waals surface area contributed by atoms with Crippen molar-refractivity contribution in [2.75, 3.05) is 67.1 Å². The van der Waals surface area contributed by atoms with Gasteiger partial charge in [0.2, 0.25) is 5.91 Å². The Kier molecular flexibility index (Phi) is 11.6. The first kappa shape index (κ1) is 41.6. The first-order valence-electron chi connectivity index (χ1n) is 21.6. The maximum Gasteiger partial charge on any atom is 0.328 e. The third-order valence-electron chi connectivity index (χ3n) is 12.3. The van der Waals surface area contributed by atoms with Crippen molar-refractivity contribution in [3.63, 3.8) is 0 Å². The summed E-state index contributed by atoms with van der Waals surface area (Å²) in [4.78, 5) is 58.9. The summed E-state index contributed by atoms with van der Waals surface area (Å²) in [5.74, 6) is 0.620. The summed E-state index contributed by atoms with van der Waals surface area (Å²) in [5, 5.41) is 17.1. The van der Waals surface area contributed by atoms with Gasteiger partial charge in [-0.1, -0.05) is 38.1 Å². The highest BCUT2D eigenvalue weighted by Crippen LogP contribution is 2.32. The number of piperazine rings is 1. The number of hydrogen-bond acceptors (Lipinski definition) is 12. The molecule has 0 aliphatic carbocycles. The Hall–Kier alpha value is -6.75. The van der Waals surface area contributed by atoms with Gasteiger partial charge in [0.25, 0.3) is 0 Å². The molecule has 3 N–H and O–H groups in total. The van der Waals surface area contributed by atoms with Crippen LogP contribution in [0.4, 0.5) is 26.4 Å². The van der Waals surface area contributed by atoms with Gasteiger partial charge in [0, 0.05) is 116 Å². The zero-order chi connectivity index (χ0) is 43.7. The molecule has 16 nitrogen and oxygen atoms in total. The Morgan fingerprint density at radius 2 is 1.60 bits per heavy atom. The molecule has 9 rings (SSSR count). The lowest BCUT2D eigenvalue weighted by Crippen LogP contribution is -2.49. The zero-order valence-electron chi connectivity index (χ0n) is 35.7. The lowest BCUT2D eigenvalue weighted by Gasteiger charge is -2.37. The van der Waals surface area contributed by atoms with Crippen LogP contribution in [0.5, 0.6) is 0 Å². The van der Waals surface area contributed by atoms with Crippen LogP contribution in [0.3, 0.4) is 0 Å². The summed E-state index contributed by atoms with van der Waals surface area (Å²) >= 11 is 0. The number of hydrogen-bond donors (Lipinski definition) is 3. The molecule has 0 atom stereocenters. The summed E-state index contributed by atoms with van der Waals surface area (Å²) in [5.41, 5.74) is 5.45. The maximum absolute atomic E-state index is 15.4. The average molecular weight is 855 g/mol. The summed E-state index contributed by atoms with van der Waals surface area (Å²) in [6.07, 6.45) is 7.49. The average Bonchev–Trinajstić information content (AvgIpc) is 3.98. The number of halogens is 1. The Morgan fingerprint density at radius 1 is 0.857 bits per heavy atom. The molecule has 6 aromatic rings. The minimum atomic E-state index is -0.574. The predicted molar refractivity (Wildman–Crippen MR) is 237 cm³/mol. The monoisotopic (exact) mass is 854 g/mol. The highest BCUT2D eigenvalue weighted by molar-refractivity contribution is 6.05. The molecule has 0 spiro atoms. The van der Waals surface area contributed by atoms with Crippen LogP contribution in [0.15, 0.2) is 77.6 Å². The molecule has 63 heavy (non-hydrogen) atoms. The number of nitrogens with one attached hydrogen (secondary N) is 3. The van der Waals surface area contributed by atoms with Crippen LogP contribution in [0.2, 0.25) is 0 Å². The van der Waals surface area contributed by atoms with Crippen molar-refractivity contribution < 1.29 is 23.3 Å². The second kappa shape index (κ2) is 17.6. The van der Waals surface area contributed by atoms with Crippen molar-refractivity contribution in [2.45, 2.75) is 58.4 Å². The summed E-state index contributed by atoms with van der Waals surface area (Å²) in [6.45, 7) is 13.1. The second-order valence-electron chi connectivity index (χ2n) is 17.6. The maximum atomic E-state index is 15.4. The highest BCUT2D eigenvalue weighted by atomic mass is 19.1. The number of aromatic amines is 1. The van der Waals surface area contributed by atoms with Gasteiger partial charge in [0.15, 0.2) is 11.5 Å². The number of carbonyl (C=O) groups is 3. The van der Waals surface area contributed by atoms with E-state index < -0.39 is 11.7 Å². The first-order valence-corrected chi connectivity index (χ1v) is 21.6. The quantitative estimate of drug-likeness (QED) is 0.132. The van der Waals surface area contributed by atoms with Crippen LogP contribution in [-0.2, 0) is 16.8 Å². The number of rotatable bonds is 11. The van der Waals surface area contributed by atoms with Gasteiger partial charge in [-0.3, -0.25) is 29.8 Å². The van der Waals surface area contributed by atoms with Crippen LogP contribution in [0.1, 0.15) is 68.5 Å². The van der Waals surface area contributed by atoms with Crippen molar-refractivity contribution in [3.05, 3.63) is 96.2 Å². The van der Waals surface area contributed by atoms with E-state index in [9.17, 15) is 14.4 Å². The smallest absolute Gasteiger partial charge is 0.328 e. The molecule has 0 bridgehead atoms. The Labute approximate surface area is 364 Å². The van der Waals surface area contributed by atoms with Crippen LogP contribution in [-0.4, -0.2) is 105 Å². The molecule has 3 saturated heterocycles. The van der Waals surface area contributed by atoms with Gasteiger partial charge < -0.3 is 19.6 Å². The molecule has 0 unspecified atom stereocenters. The highest BCUT2D eigenvalue weighted by Gasteiger charge is 2.27. The van der Waals surface area contributed by atoms with E-state index in [1.165, 1.54) is 18.2 Å².